The van der Waals surface area contributed by atoms with Gasteiger partial charge in [0.05, 0.1) is 37.6 Å². The fraction of sp³-hybridized carbons (Fsp3) is 0.167. The van der Waals surface area contributed by atoms with Crippen molar-refractivity contribution < 1.29 is 23.7 Å². The van der Waals surface area contributed by atoms with Gasteiger partial charge in [-0.15, -0.1) is 0 Å². The number of carbonyl (C=O) groups excluding carboxylic acids is 1. The van der Waals surface area contributed by atoms with E-state index in [0.717, 1.165) is 5.56 Å². The van der Waals surface area contributed by atoms with Crippen molar-refractivity contribution in [3.05, 3.63) is 81.3 Å². The minimum Gasteiger partial charge on any atom is -0.497 e. The molecule has 172 valence electrons. The molecule has 1 N–H and O–H groups in total. The first-order chi connectivity index (χ1) is 15.9. The molecule has 0 aliphatic rings. The number of methoxy groups -OCH3 is 3. The van der Waals surface area contributed by atoms with Gasteiger partial charge in [0.1, 0.15) is 18.1 Å². The van der Waals surface area contributed by atoms with Crippen LogP contribution in [0.25, 0.3) is 0 Å². The van der Waals surface area contributed by atoms with Crippen molar-refractivity contribution in [2.75, 3.05) is 21.3 Å². The van der Waals surface area contributed by atoms with E-state index in [1.807, 2.05) is 6.07 Å². The second-order valence-electron chi connectivity index (χ2n) is 6.75. The first-order valence-corrected chi connectivity index (χ1v) is 10.5. The van der Waals surface area contributed by atoms with Crippen LogP contribution < -0.4 is 24.4 Å². The molecule has 0 radical (unpaired) electrons. The summed E-state index contributed by atoms with van der Waals surface area (Å²) in [4.78, 5) is 12.4. The minimum atomic E-state index is -0.406. The van der Waals surface area contributed by atoms with Crippen LogP contribution in [-0.2, 0) is 6.61 Å². The van der Waals surface area contributed by atoms with Gasteiger partial charge >= 0.3 is 0 Å². The molecule has 0 aliphatic heterocycles. The molecular formula is C24H22Cl2N2O5. The van der Waals surface area contributed by atoms with Gasteiger partial charge in [-0.1, -0.05) is 29.3 Å². The Morgan fingerprint density at radius 3 is 2.24 bits per heavy atom. The molecule has 0 bridgehead atoms. The van der Waals surface area contributed by atoms with Crippen molar-refractivity contribution >= 4 is 35.3 Å². The van der Waals surface area contributed by atoms with Crippen molar-refractivity contribution in [1.29, 1.82) is 0 Å². The van der Waals surface area contributed by atoms with Gasteiger partial charge in [0.25, 0.3) is 5.91 Å². The fourth-order valence-corrected chi connectivity index (χ4v) is 3.16. The summed E-state index contributed by atoms with van der Waals surface area (Å²) in [6, 6.07) is 15.5. The monoisotopic (exact) mass is 488 g/mol. The van der Waals surface area contributed by atoms with E-state index in [0.29, 0.717) is 50.8 Å². The van der Waals surface area contributed by atoms with Gasteiger partial charge in [-0.2, -0.15) is 5.10 Å². The lowest BCUT2D eigenvalue weighted by Crippen LogP contribution is -2.17. The third-order valence-electron chi connectivity index (χ3n) is 4.56. The van der Waals surface area contributed by atoms with Gasteiger partial charge in [0.2, 0.25) is 0 Å². The van der Waals surface area contributed by atoms with E-state index < -0.39 is 5.91 Å². The maximum atomic E-state index is 12.4. The summed E-state index contributed by atoms with van der Waals surface area (Å²) in [6.07, 6.45) is 1.50. The first kappa shape index (κ1) is 24.2. The van der Waals surface area contributed by atoms with Crippen molar-refractivity contribution in [2.45, 2.75) is 6.61 Å². The van der Waals surface area contributed by atoms with E-state index in [-0.39, 0.29) is 0 Å². The number of hydrogen-bond donors (Lipinski definition) is 1. The normalized spacial score (nSPS) is 10.7. The number of hydrogen-bond acceptors (Lipinski definition) is 6. The molecule has 3 aromatic carbocycles. The Labute approximate surface area is 201 Å². The Morgan fingerprint density at radius 1 is 0.879 bits per heavy atom. The quantitative estimate of drug-likeness (QED) is 0.323. The Hall–Kier alpha value is -3.42. The van der Waals surface area contributed by atoms with Gasteiger partial charge in [0.15, 0.2) is 11.5 Å². The third-order valence-corrected chi connectivity index (χ3v) is 5.30. The molecule has 0 atom stereocenters. The molecule has 0 saturated heterocycles. The second kappa shape index (κ2) is 11.4. The van der Waals surface area contributed by atoms with Crippen molar-refractivity contribution in [2.24, 2.45) is 5.10 Å². The average molecular weight is 489 g/mol. The molecule has 0 spiro atoms. The third kappa shape index (κ3) is 6.54. The van der Waals surface area contributed by atoms with E-state index >= 15 is 0 Å². The fourth-order valence-electron chi connectivity index (χ4n) is 2.84. The molecule has 0 aromatic heterocycles. The summed E-state index contributed by atoms with van der Waals surface area (Å²) >= 11 is 12.0. The van der Waals surface area contributed by atoms with Crippen LogP contribution in [0.3, 0.4) is 0 Å². The molecule has 7 nitrogen and oxygen atoms in total. The number of ether oxygens (including phenoxy) is 4. The molecule has 1 amide bonds. The molecule has 33 heavy (non-hydrogen) atoms. The largest absolute Gasteiger partial charge is 0.497 e. The summed E-state index contributed by atoms with van der Waals surface area (Å²) in [6.45, 7) is 0.292. The highest BCUT2D eigenvalue weighted by Crippen LogP contribution is 2.29. The smallest absolute Gasteiger partial charge is 0.271 e. The van der Waals surface area contributed by atoms with Crippen LogP contribution in [0.2, 0.25) is 10.0 Å². The highest BCUT2D eigenvalue weighted by atomic mass is 35.5. The number of nitrogens with zero attached hydrogens (tertiary/aromatic N) is 1. The summed E-state index contributed by atoms with van der Waals surface area (Å²) in [5, 5.41) is 4.96. The standard InChI is InChI=1S/C24H22Cl2N2O5/c1-30-18-10-17(11-19(12-18)31-2)24(29)28-27-13-15-5-7-22(23(9-15)32-3)33-14-16-4-6-20(25)21(26)8-16/h4-13H,14H2,1-3H3,(H,28,29)/b27-13-. The molecule has 0 saturated carbocycles. The average Bonchev–Trinajstić information content (AvgIpc) is 2.84. The van der Waals surface area contributed by atoms with E-state index in [1.165, 1.54) is 20.4 Å². The lowest BCUT2D eigenvalue weighted by atomic mass is 10.2. The van der Waals surface area contributed by atoms with E-state index in [9.17, 15) is 4.79 Å². The minimum absolute atomic E-state index is 0.292. The van der Waals surface area contributed by atoms with Crippen LogP contribution in [0.1, 0.15) is 21.5 Å². The van der Waals surface area contributed by atoms with E-state index in [1.54, 1.807) is 55.6 Å². The second-order valence-corrected chi connectivity index (χ2v) is 7.56. The zero-order chi connectivity index (χ0) is 23.8. The molecule has 0 heterocycles. The number of hydrazone groups is 1. The number of benzene rings is 3. The van der Waals surface area contributed by atoms with Gasteiger partial charge in [-0.25, -0.2) is 5.43 Å². The Bertz CT molecular complexity index is 1150. The Kier molecular flexibility index (Phi) is 8.40. The SMILES string of the molecule is COc1cc(OC)cc(C(=O)N/N=C\c2ccc(OCc3ccc(Cl)c(Cl)c3)c(OC)c2)c1. The lowest BCUT2D eigenvalue weighted by Gasteiger charge is -2.12. The molecule has 0 unspecified atom stereocenters. The lowest BCUT2D eigenvalue weighted by molar-refractivity contribution is 0.0954. The highest BCUT2D eigenvalue weighted by Gasteiger charge is 2.10. The van der Waals surface area contributed by atoms with Crippen LogP contribution in [0, 0.1) is 0 Å². The molecule has 3 aromatic rings. The van der Waals surface area contributed by atoms with Crippen LogP contribution >= 0.6 is 23.2 Å². The molecular weight excluding hydrogens is 467 g/mol. The van der Waals surface area contributed by atoms with Gasteiger partial charge in [-0.3, -0.25) is 4.79 Å². The zero-order valence-corrected chi connectivity index (χ0v) is 19.7. The van der Waals surface area contributed by atoms with Gasteiger partial charge in [-0.05, 0) is 53.6 Å². The summed E-state index contributed by atoms with van der Waals surface area (Å²) in [5.74, 6) is 1.67. The molecule has 0 fully saturated rings. The first-order valence-electron chi connectivity index (χ1n) is 9.74. The molecule has 0 aliphatic carbocycles. The maximum Gasteiger partial charge on any atom is 0.271 e. The van der Waals surface area contributed by atoms with Gasteiger partial charge < -0.3 is 18.9 Å². The molecule has 3 rings (SSSR count). The predicted octanol–water partition coefficient (Wildman–Crippen LogP) is 5.36. The summed E-state index contributed by atoms with van der Waals surface area (Å²) in [7, 11) is 4.57. The highest BCUT2D eigenvalue weighted by molar-refractivity contribution is 6.42. The zero-order valence-electron chi connectivity index (χ0n) is 18.2. The van der Waals surface area contributed by atoms with Crippen LogP contribution in [0.5, 0.6) is 23.0 Å². The van der Waals surface area contributed by atoms with Crippen LogP contribution in [-0.4, -0.2) is 33.5 Å². The predicted molar refractivity (Wildman–Crippen MR) is 128 cm³/mol. The Morgan fingerprint density at radius 2 is 1.61 bits per heavy atom. The van der Waals surface area contributed by atoms with Crippen molar-refractivity contribution in [1.82, 2.24) is 5.43 Å². The number of nitrogens with one attached hydrogen (secondary N) is 1. The number of amides is 1. The van der Waals surface area contributed by atoms with Crippen LogP contribution in [0.4, 0.5) is 0 Å². The van der Waals surface area contributed by atoms with E-state index in [2.05, 4.69) is 10.5 Å². The van der Waals surface area contributed by atoms with Crippen molar-refractivity contribution in [3.63, 3.8) is 0 Å². The summed E-state index contributed by atoms with van der Waals surface area (Å²) < 4.78 is 21.6. The molecule has 9 heteroatoms. The van der Waals surface area contributed by atoms with Crippen LogP contribution in [0.15, 0.2) is 59.7 Å². The number of rotatable bonds is 9. The van der Waals surface area contributed by atoms with Gasteiger partial charge in [0, 0.05) is 11.6 Å². The maximum absolute atomic E-state index is 12.4. The number of carbonyl (C=O) groups is 1. The topological polar surface area (TPSA) is 78.4 Å². The Balaban J connectivity index is 1.65. The summed E-state index contributed by atoms with van der Waals surface area (Å²) in [5.41, 5.74) is 4.41. The number of halogens is 2. The van der Waals surface area contributed by atoms with Crippen molar-refractivity contribution in [3.8, 4) is 23.0 Å². The van der Waals surface area contributed by atoms with E-state index in [4.69, 9.17) is 42.1 Å².